The summed E-state index contributed by atoms with van der Waals surface area (Å²) >= 11 is 0. The van der Waals surface area contributed by atoms with Crippen LogP contribution in [0.1, 0.15) is 5.69 Å². The molecule has 0 aliphatic carbocycles. The lowest BCUT2D eigenvalue weighted by atomic mass is 10.0. The van der Waals surface area contributed by atoms with Gasteiger partial charge in [-0.25, -0.2) is 9.97 Å². The molecule has 5 nitrogen and oxygen atoms in total. The van der Waals surface area contributed by atoms with E-state index < -0.39 is 0 Å². The van der Waals surface area contributed by atoms with Crippen molar-refractivity contribution in [3.63, 3.8) is 0 Å². The molecule has 3 aromatic carbocycles. The molecule has 2 heterocycles. The topological polar surface area (TPSA) is 57.0 Å². The molecule has 2 aromatic heterocycles. The average Bonchev–Trinajstić information content (AvgIpc) is 2.79. The Kier molecular flexibility index (Phi) is 4.29. The maximum atomic E-state index is 12.9. The van der Waals surface area contributed by atoms with Gasteiger partial charge in [-0.15, -0.1) is 0 Å². The first-order valence-electron chi connectivity index (χ1n) is 9.67. The van der Waals surface area contributed by atoms with Crippen molar-refractivity contribution in [3.8, 4) is 22.6 Å². The number of pyridine rings is 1. The molecule has 5 heteroatoms. The highest BCUT2D eigenvalue weighted by Crippen LogP contribution is 2.28. The van der Waals surface area contributed by atoms with Gasteiger partial charge in [0, 0.05) is 6.20 Å². The Balaban J connectivity index is 1.67. The highest BCUT2D eigenvalue weighted by Gasteiger charge is 2.12. The number of aromatic nitrogens is 3. The van der Waals surface area contributed by atoms with Crippen LogP contribution < -0.4 is 10.3 Å². The van der Waals surface area contributed by atoms with Gasteiger partial charge in [0.25, 0.3) is 5.56 Å². The van der Waals surface area contributed by atoms with Crippen molar-refractivity contribution in [2.24, 2.45) is 0 Å². The van der Waals surface area contributed by atoms with E-state index in [-0.39, 0.29) is 5.56 Å². The van der Waals surface area contributed by atoms with Gasteiger partial charge in [-0.05, 0) is 71.3 Å². The molecule has 0 aliphatic rings. The van der Waals surface area contributed by atoms with E-state index in [9.17, 15) is 4.79 Å². The number of hydrogen-bond acceptors (Lipinski definition) is 4. The molecule has 30 heavy (non-hydrogen) atoms. The standard InChI is InChI=1S/C25H19N3O2/c1-16-25(29)28(24-23(27-16)7-4-12-26-24)21-6-3-5-17(14-21)18-8-9-20-15-22(30-2)11-10-19(20)13-18/h3-15H,1-2H3. The molecule has 0 fully saturated rings. The van der Waals surface area contributed by atoms with Crippen LogP contribution >= 0.6 is 0 Å². The Labute approximate surface area is 173 Å². The van der Waals surface area contributed by atoms with Crippen LogP contribution in [0.3, 0.4) is 0 Å². The first-order valence-corrected chi connectivity index (χ1v) is 9.67. The van der Waals surface area contributed by atoms with Crippen molar-refractivity contribution in [1.82, 2.24) is 14.5 Å². The summed E-state index contributed by atoms with van der Waals surface area (Å²) in [5.74, 6) is 0.837. The SMILES string of the molecule is COc1ccc2cc(-c3cccc(-n4c(=O)c(C)nc5cccnc54)c3)ccc2c1. The zero-order valence-corrected chi connectivity index (χ0v) is 16.7. The van der Waals surface area contributed by atoms with Crippen LogP contribution in [0.15, 0.2) is 83.8 Å². The number of nitrogens with zero attached hydrogens (tertiary/aromatic N) is 3. The molecule has 5 rings (SSSR count). The number of methoxy groups -OCH3 is 1. The van der Waals surface area contributed by atoms with E-state index in [1.54, 1.807) is 24.8 Å². The van der Waals surface area contributed by atoms with Gasteiger partial charge >= 0.3 is 0 Å². The zero-order chi connectivity index (χ0) is 20.7. The minimum absolute atomic E-state index is 0.163. The third-order valence-corrected chi connectivity index (χ3v) is 5.26. The summed E-state index contributed by atoms with van der Waals surface area (Å²) in [7, 11) is 1.67. The molecule has 0 radical (unpaired) electrons. The van der Waals surface area contributed by atoms with Gasteiger partial charge in [-0.1, -0.05) is 30.3 Å². The Morgan fingerprint density at radius 1 is 0.867 bits per heavy atom. The summed E-state index contributed by atoms with van der Waals surface area (Å²) < 4.78 is 6.95. The van der Waals surface area contributed by atoms with E-state index in [1.807, 2.05) is 48.5 Å². The summed E-state index contributed by atoms with van der Waals surface area (Å²) in [6.07, 6.45) is 1.68. The molecule has 0 N–H and O–H groups in total. The molecule has 146 valence electrons. The molecule has 0 bridgehead atoms. The lowest BCUT2D eigenvalue weighted by molar-refractivity contribution is 0.415. The number of aryl methyl sites for hydroxylation is 1. The summed E-state index contributed by atoms with van der Waals surface area (Å²) in [5.41, 5.74) is 4.39. The number of fused-ring (bicyclic) bond motifs is 2. The third-order valence-electron chi connectivity index (χ3n) is 5.26. The Bertz CT molecular complexity index is 1470. The molecule has 5 aromatic rings. The van der Waals surface area contributed by atoms with E-state index in [1.165, 1.54) is 0 Å². The van der Waals surface area contributed by atoms with E-state index in [0.717, 1.165) is 33.3 Å². The molecule has 0 atom stereocenters. The number of benzene rings is 3. The fourth-order valence-corrected chi connectivity index (χ4v) is 3.73. The lowest BCUT2D eigenvalue weighted by Gasteiger charge is -2.12. The fourth-order valence-electron chi connectivity index (χ4n) is 3.73. The number of ether oxygens (including phenoxy) is 1. The maximum Gasteiger partial charge on any atom is 0.278 e. The van der Waals surface area contributed by atoms with Crippen LogP contribution in [0.25, 0.3) is 38.8 Å². The van der Waals surface area contributed by atoms with Crippen LogP contribution in [0.4, 0.5) is 0 Å². The second kappa shape index (κ2) is 7.12. The van der Waals surface area contributed by atoms with Crippen molar-refractivity contribution in [3.05, 3.63) is 95.0 Å². The van der Waals surface area contributed by atoms with Crippen molar-refractivity contribution < 1.29 is 4.74 Å². The predicted octanol–water partition coefficient (Wildman–Crippen LogP) is 4.92. The number of hydrogen-bond donors (Lipinski definition) is 0. The molecular weight excluding hydrogens is 374 g/mol. The first kappa shape index (κ1) is 18.1. The van der Waals surface area contributed by atoms with E-state index in [2.05, 4.69) is 34.2 Å². The normalized spacial score (nSPS) is 11.1. The summed E-state index contributed by atoms with van der Waals surface area (Å²) in [4.78, 5) is 21.7. The molecule has 0 aliphatic heterocycles. The highest BCUT2D eigenvalue weighted by molar-refractivity contribution is 5.88. The predicted molar refractivity (Wildman–Crippen MR) is 119 cm³/mol. The molecule has 0 saturated heterocycles. The Morgan fingerprint density at radius 3 is 2.53 bits per heavy atom. The molecule has 0 spiro atoms. The van der Waals surface area contributed by atoms with Crippen LogP contribution in [-0.2, 0) is 0 Å². The van der Waals surface area contributed by atoms with Gasteiger partial charge in [-0.3, -0.25) is 9.36 Å². The van der Waals surface area contributed by atoms with Crippen molar-refractivity contribution in [2.75, 3.05) is 7.11 Å². The lowest BCUT2D eigenvalue weighted by Crippen LogP contribution is -2.23. The minimum Gasteiger partial charge on any atom is -0.497 e. The monoisotopic (exact) mass is 393 g/mol. The summed E-state index contributed by atoms with van der Waals surface area (Å²) in [6, 6.07) is 24.0. The van der Waals surface area contributed by atoms with Gasteiger partial charge in [0.15, 0.2) is 5.65 Å². The van der Waals surface area contributed by atoms with Crippen LogP contribution in [0.2, 0.25) is 0 Å². The van der Waals surface area contributed by atoms with Crippen molar-refractivity contribution >= 4 is 21.9 Å². The van der Waals surface area contributed by atoms with Crippen LogP contribution in [-0.4, -0.2) is 21.6 Å². The maximum absolute atomic E-state index is 12.9. The third kappa shape index (κ3) is 3.01. The average molecular weight is 393 g/mol. The van der Waals surface area contributed by atoms with Gasteiger partial charge in [0.1, 0.15) is 17.0 Å². The molecule has 0 unspecified atom stereocenters. The second-order valence-corrected chi connectivity index (χ2v) is 7.16. The largest absolute Gasteiger partial charge is 0.497 e. The molecular formula is C25H19N3O2. The minimum atomic E-state index is -0.163. The first-order chi connectivity index (χ1) is 14.6. The Hall–Kier alpha value is -3.99. The molecule has 0 saturated carbocycles. The van der Waals surface area contributed by atoms with Crippen LogP contribution in [0.5, 0.6) is 5.75 Å². The molecule has 0 amide bonds. The van der Waals surface area contributed by atoms with Crippen molar-refractivity contribution in [1.29, 1.82) is 0 Å². The number of rotatable bonds is 3. The van der Waals surface area contributed by atoms with Gasteiger partial charge in [-0.2, -0.15) is 0 Å². The summed E-state index contributed by atoms with van der Waals surface area (Å²) in [5, 5.41) is 2.24. The second-order valence-electron chi connectivity index (χ2n) is 7.16. The highest BCUT2D eigenvalue weighted by atomic mass is 16.5. The van der Waals surface area contributed by atoms with Crippen LogP contribution in [0, 0.1) is 6.92 Å². The fraction of sp³-hybridized carbons (Fsp3) is 0.0800. The quantitative estimate of drug-likeness (QED) is 0.437. The zero-order valence-electron chi connectivity index (χ0n) is 16.7. The van der Waals surface area contributed by atoms with Gasteiger partial charge < -0.3 is 4.74 Å². The van der Waals surface area contributed by atoms with E-state index >= 15 is 0 Å². The van der Waals surface area contributed by atoms with Gasteiger partial charge in [0.05, 0.1) is 12.8 Å². The summed E-state index contributed by atoms with van der Waals surface area (Å²) in [6.45, 7) is 1.73. The van der Waals surface area contributed by atoms with E-state index in [0.29, 0.717) is 16.9 Å². The van der Waals surface area contributed by atoms with E-state index in [4.69, 9.17) is 4.74 Å². The smallest absolute Gasteiger partial charge is 0.278 e. The van der Waals surface area contributed by atoms with Crippen molar-refractivity contribution in [2.45, 2.75) is 6.92 Å². The Morgan fingerprint density at radius 2 is 1.67 bits per heavy atom. The van der Waals surface area contributed by atoms with Gasteiger partial charge in [0.2, 0.25) is 0 Å².